The van der Waals surface area contributed by atoms with Crippen molar-refractivity contribution in [2.24, 2.45) is 0 Å². The van der Waals surface area contributed by atoms with Gasteiger partial charge in [0.25, 0.3) is 0 Å². The molecule has 0 atom stereocenters. The third-order valence-corrected chi connectivity index (χ3v) is 2.96. The highest BCUT2D eigenvalue weighted by molar-refractivity contribution is 6.32. The fourth-order valence-electron chi connectivity index (χ4n) is 1.67. The van der Waals surface area contributed by atoms with Crippen LogP contribution in [0.25, 0.3) is 11.1 Å². The molecule has 0 fully saturated rings. The molecule has 0 heterocycles. The van der Waals surface area contributed by atoms with Crippen molar-refractivity contribution in [1.29, 1.82) is 0 Å². The highest BCUT2D eigenvalue weighted by Crippen LogP contribution is 2.31. The zero-order valence-corrected chi connectivity index (χ0v) is 10.7. The summed E-state index contributed by atoms with van der Waals surface area (Å²) in [6, 6.07) is 8.22. The maximum Gasteiger partial charge on any atom is 0.337 e. The lowest BCUT2D eigenvalue weighted by molar-refractivity contribution is 0.0600. The predicted octanol–water partition coefficient (Wildman–Crippen LogP) is 3.64. The molecule has 0 radical (unpaired) electrons. The molecule has 0 amide bonds. The molecule has 1 N–H and O–H groups in total. The summed E-state index contributed by atoms with van der Waals surface area (Å²) in [5.74, 6) is -1.21. The number of aromatic hydroxyl groups is 1. The minimum atomic E-state index is -0.556. The van der Waals surface area contributed by atoms with Gasteiger partial charge in [0.05, 0.1) is 17.7 Å². The van der Waals surface area contributed by atoms with Crippen molar-refractivity contribution in [3.8, 4) is 16.9 Å². The van der Waals surface area contributed by atoms with Crippen LogP contribution in [-0.4, -0.2) is 18.2 Å². The monoisotopic (exact) mass is 280 g/mol. The third kappa shape index (κ3) is 2.69. The summed E-state index contributed by atoms with van der Waals surface area (Å²) in [4.78, 5) is 11.4. The van der Waals surface area contributed by atoms with Gasteiger partial charge < -0.3 is 9.84 Å². The van der Waals surface area contributed by atoms with Crippen molar-refractivity contribution in [3.63, 3.8) is 0 Å². The van der Waals surface area contributed by atoms with E-state index < -0.39 is 11.8 Å². The van der Waals surface area contributed by atoms with E-state index in [0.29, 0.717) is 5.56 Å². The number of ether oxygens (including phenoxy) is 1. The van der Waals surface area contributed by atoms with Crippen LogP contribution in [-0.2, 0) is 4.74 Å². The molecule has 0 unspecified atom stereocenters. The highest BCUT2D eigenvalue weighted by Gasteiger charge is 2.12. The van der Waals surface area contributed by atoms with E-state index in [2.05, 4.69) is 4.74 Å². The Balaban J connectivity index is 2.54. The SMILES string of the molecule is COC(=O)c1ccc(F)c(-c2ccc(Cl)c(O)c2)c1. The lowest BCUT2D eigenvalue weighted by Crippen LogP contribution is -2.01. The normalized spacial score (nSPS) is 10.3. The number of hydrogen-bond acceptors (Lipinski definition) is 3. The Kier molecular flexibility index (Phi) is 3.71. The molecule has 98 valence electrons. The summed E-state index contributed by atoms with van der Waals surface area (Å²) in [7, 11) is 1.25. The molecule has 0 aliphatic rings. The van der Waals surface area contributed by atoms with E-state index in [-0.39, 0.29) is 21.9 Å². The van der Waals surface area contributed by atoms with Gasteiger partial charge in [-0.25, -0.2) is 9.18 Å². The first kappa shape index (κ1) is 13.4. The van der Waals surface area contributed by atoms with Gasteiger partial charge in [0.15, 0.2) is 0 Å². The fraction of sp³-hybridized carbons (Fsp3) is 0.0714. The molecule has 0 aliphatic heterocycles. The molecule has 0 saturated heterocycles. The van der Waals surface area contributed by atoms with E-state index in [1.54, 1.807) is 6.07 Å². The second kappa shape index (κ2) is 5.28. The zero-order chi connectivity index (χ0) is 14.0. The topological polar surface area (TPSA) is 46.5 Å². The van der Waals surface area contributed by atoms with E-state index in [4.69, 9.17) is 11.6 Å². The highest BCUT2D eigenvalue weighted by atomic mass is 35.5. The minimum Gasteiger partial charge on any atom is -0.506 e. The van der Waals surface area contributed by atoms with Crippen LogP contribution in [0, 0.1) is 5.82 Å². The van der Waals surface area contributed by atoms with E-state index in [1.165, 1.54) is 37.4 Å². The summed E-state index contributed by atoms with van der Waals surface area (Å²) in [5, 5.41) is 9.71. The van der Waals surface area contributed by atoms with Crippen LogP contribution in [0.2, 0.25) is 5.02 Å². The van der Waals surface area contributed by atoms with E-state index in [0.717, 1.165) is 0 Å². The van der Waals surface area contributed by atoms with Crippen LogP contribution in [0.15, 0.2) is 36.4 Å². The number of phenolic OH excluding ortho intramolecular Hbond substituents is 1. The Bertz CT molecular complexity index is 641. The molecule has 0 bridgehead atoms. The van der Waals surface area contributed by atoms with Crippen molar-refractivity contribution < 1.29 is 19.0 Å². The standard InChI is InChI=1S/C14H10ClFO3/c1-19-14(18)9-3-5-12(16)10(6-9)8-2-4-11(15)13(17)7-8/h2-7,17H,1H3. The van der Waals surface area contributed by atoms with Gasteiger partial charge >= 0.3 is 5.97 Å². The molecule has 2 aromatic carbocycles. The van der Waals surface area contributed by atoms with Crippen molar-refractivity contribution in [2.75, 3.05) is 7.11 Å². The number of methoxy groups -OCH3 is 1. The Hall–Kier alpha value is -2.07. The van der Waals surface area contributed by atoms with Crippen LogP contribution in [0.1, 0.15) is 10.4 Å². The maximum atomic E-state index is 13.8. The van der Waals surface area contributed by atoms with Gasteiger partial charge in [-0.3, -0.25) is 0 Å². The van der Waals surface area contributed by atoms with Gasteiger partial charge in [0, 0.05) is 5.56 Å². The maximum absolute atomic E-state index is 13.8. The lowest BCUT2D eigenvalue weighted by Gasteiger charge is -2.07. The number of phenols is 1. The van der Waals surface area contributed by atoms with E-state index in [1.807, 2.05) is 0 Å². The largest absolute Gasteiger partial charge is 0.506 e. The van der Waals surface area contributed by atoms with Gasteiger partial charge in [-0.1, -0.05) is 17.7 Å². The number of rotatable bonds is 2. The summed E-state index contributed by atoms with van der Waals surface area (Å²) >= 11 is 5.69. The number of esters is 1. The average Bonchev–Trinajstić information content (AvgIpc) is 2.41. The first-order valence-electron chi connectivity index (χ1n) is 5.39. The number of hydrogen-bond donors (Lipinski definition) is 1. The number of halogens is 2. The average molecular weight is 281 g/mol. The van der Waals surface area contributed by atoms with Crippen LogP contribution < -0.4 is 0 Å². The minimum absolute atomic E-state index is 0.151. The summed E-state index contributed by atoms with van der Waals surface area (Å²) < 4.78 is 18.4. The molecule has 0 aliphatic carbocycles. The van der Waals surface area contributed by atoms with Crippen molar-refractivity contribution >= 4 is 17.6 Å². The predicted molar refractivity (Wildman–Crippen MR) is 69.9 cm³/mol. The second-order valence-corrected chi connectivity index (χ2v) is 4.26. The van der Waals surface area contributed by atoms with E-state index >= 15 is 0 Å². The van der Waals surface area contributed by atoms with Gasteiger partial charge in [-0.05, 0) is 35.9 Å². The fourth-order valence-corrected chi connectivity index (χ4v) is 1.79. The van der Waals surface area contributed by atoms with E-state index in [9.17, 15) is 14.3 Å². The Morgan fingerprint density at radius 3 is 2.63 bits per heavy atom. The molecule has 2 rings (SSSR count). The summed E-state index contributed by atoms with van der Waals surface area (Å²) in [5.41, 5.74) is 0.841. The van der Waals surface area contributed by atoms with Crippen LogP contribution in [0.3, 0.4) is 0 Å². The second-order valence-electron chi connectivity index (χ2n) is 3.85. The Labute approximate surface area is 114 Å². The first-order valence-corrected chi connectivity index (χ1v) is 5.77. The molecule has 0 spiro atoms. The van der Waals surface area contributed by atoms with Crippen LogP contribution in [0.4, 0.5) is 4.39 Å². The molecular formula is C14H10ClFO3. The molecule has 2 aromatic rings. The molecule has 0 saturated carbocycles. The van der Waals surface area contributed by atoms with Crippen LogP contribution in [0.5, 0.6) is 5.75 Å². The molecule has 19 heavy (non-hydrogen) atoms. The van der Waals surface area contributed by atoms with Gasteiger partial charge in [-0.15, -0.1) is 0 Å². The number of carbonyl (C=O) groups is 1. The smallest absolute Gasteiger partial charge is 0.337 e. The molecule has 5 heteroatoms. The van der Waals surface area contributed by atoms with Gasteiger partial charge in [0.1, 0.15) is 11.6 Å². The zero-order valence-electron chi connectivity index (χ0n) is 9.98. The molecule has 3 nitrogen and oxygen atoms in total. The number of carbonyl (C=O) groups excluding carboxylic acids is 1. The van der Waals surface area contributed by atoms with Crippen molar-refractivity contribution in [1.82, 2.24) is 0 Å². The summed E-state index contributed by atoms with van der Waals surface area (Å²) in [6.07, 6.45) is 0. The quantitative estimate of drug-likeness (QED) is 0.854. The van der Waals surface area contributed by atoms with Gasteiger partial charge in [-0.2, -0.15) is 0 Å². The summed E-state index contributed by atoms with van der Waals surface area (Å²) in [6.45, 7) is 0. The first-order chi connectivity index (χ1) is 9.02. The molecule has 0 aromatic heterocycles. The lowest BCUT2D eigenvalue weighted by atomic mass is 10.0. The van der Waals surface area contributed by atoms with Gasteiger partial charge in [0.2, 0.25) is 0 Å². The Morgan fingerprint density at radius 1 is 1.26 bits per heavy atom. The molecular weight excluding hydrogens is 271 g/mol. The Morgan fingerprint density at radius 2 is 2.00 bits per heavy atom. The van der Waals surface area contributed by atoms with Crippen molar-refractivity contribution in [2.45, 2.75) is 0 Å². The third-order valence-electron chi connectivity index (χ3n) is 2.64. The van der Waals surface area contributed by atoms with Crippen molar-refractivity contribution in [3.05, 3.63) is 52.8 Å². The number of benzene rings is 2. The van der Waals surface area contributed by atoms with Crippen LogP contribution >= 0.6 is 11.6 Å².